The van der Waals surface area contributed by atoms with Gasteiger partial charge in [-0.25, -0.2) is 9.59 Å². The first-order valence-electron chi connectivity index (χ1n) is 19.2. The number of hydrogen-bond donors (Lipinski definition) is 2. The van der Waals surface area contributed by atoms with E-state index in [1.165, 1.54) is 17.0 Å². The lowest BCUT2D eigenvalue weighted by Crippen LogP contribution is -2.56. The van der Waals surface area contributed by atoms with Gasteiger partial charge in [0.1, 0.15) is 5.75 Å². The number of piperazine rings is 1. The number of aryl methyl sites for hydroxylation is 2. The highest BCUT2D eigenvalue weighted by Gasteiger charge is 2.35. The summed E-state index contributed by atoms with van der Waals surface area (Å²) in [6, 6.07) is 12.4. The van der Waals surface area contributed by atoms with Crippen molar-refractivity contribution in [1.82, 2.24) is 28.2 Å². The lowest BCUT2D eigenvalue weighted by atomic mass is 9.96. The second-order valence-electron chi connectivity index (χ2n) is 15.2. The first-order valence-corrected chi connectivity index (χ1v) is 20.6. The Morgan fingerprint density at radius 2 is 1.48 bits per heavy atom. The molecule has 0 unspecified atom stereocenters. The molecular weight excluding hydrogens is 711 g/mol. The standard InChI is InChI=1S/C23H38N4O4S.C16H21N3O3/c1-17-14-20(15-18(2)22(17)28)16-19(3)23(29)26-12-10-25(11-13-26)21-6-8-27(9-7-21)32(30,31)24(4)5;1-22-16(21)18-9-7-13(8-10-18)19-11-6-12-4-2-3-5-14(12)17-15(19)20/h14-15,19,21,28H,6-13,16H2,1-5H3;2-5,13H,6-11H2,1H3,(H,17,20)/t19-;/m1./s1. The summed E-state index contributed by atoms with van der Waals surface area (Å²) in [5.74, 6) is 0.401. The van der Waals surface area contributed by atoms with Crippen molar-refractivity contribution in [3.05, 3.63) is 58.7 Å². The molecule has 298 valence electrons. The Labute approximate surface area is 321 Å². The van der Waals surface area contributed by atoms with Crippen LogP contribution in [0.3, 0.4) is 0 Å². The van der Waals surface area contributed by atoms with E-state index >= 15 is 0 Å². The number of aromatic hydroxyl groups is 1. The Kier molecular flexibility index (Phi) is 13.9. The van der Waals surface area contributed by atoms with Crippen LogP contribution in [-0.4, -0.2) is 152 Å². The van der Waals surface area contributed by atoms with Crippen molar-refractivity contribution in [3.63, 3.8) is 0 Å². The highest BCUT2D eigenvalue weighted by Crippen LogP contribution is 2.27. The molecule has 4 heterocycles. The number of methoxy groups -OCH3 is 1. The Morgan fingerprint density at radius 1 is 0.889 bits per heavy atom. The van der Waals surface area contributed by atoms with Gasteiger partial charge in [-0.05, 0) is 80.7 Å². The number of anilines is 1. The molecule has 15 heteroatoms. The number of phenolic OH excluding ortho intramolecular Hbond substituents is 1. The van der Waals surface area contributed by atoms with Crippen LogP contribution in [0.5, 0.6) is 5.75 Å². The van der Waals surface area contributed by atoms with Crippen LogP contribution in [0, 0.1) is 19.8 Å². The molecule has 0 saturated carbocycles. The number of carbonyl (C=O) groups excluding carboxylic acids is 3. The number of nitrogens with one attached hydrogen (secondary N) is 1. The van der Waals surface area contributed by atoms with Crippen LogP contribution >= 0.6 is 0 Å². The summed E-state index contributed by atoms with van der Waals surface area (Å²) < 4.78 is 32.2. The van der Waals surface area contributed by atoms with E-state index in [1.807, 2.05) is 60.9 Å². The van der Waals surface area contributed by atoms with Gasteiger partial charge >= 0.3 is 12.1 Å². The van der Waals surface area contributed by atoms with Crippen LogP contribution in [0.1, 0.15) is 54.9 Å². The zero-order valence-corrected chi connectivity index (χ0v) is 33.6. The van der Waals surface area contributed by atoms with Gasteiger partial charge in [0, 0.05) is 96.7 Å². The molecule has 4 aliphatic heterocycles. The highest BCUT2D eigenvalue weighted by atomic mass is 32.2. The molecule has 2 aromatic carbocycles. The molecule has 0 spiro atoms. The van der Waals surface area contributed by atoms with Gasteiger partial charge in [0.15, 0.2) is 0 Å². The summed E-state index contributed by atoms with van der Waals surface area (Å²) >= 11 is 0. The number of carbonyl (C=O) groups is 3. The van der Waals surface area contributed by atoms with Gasteiger partial charge < -0.3 is 29.9 Å². The molecule has 6 rings (SSSR count). The lowest BCUT2D eigenvalue weighted by Gasteiger charge is -2.43. The number of hydrogen-bond acceptors (Lipinski definition) is 8. The monoisotopic (exact) mass is 769 g/mol. The Morgan fingerprint density at radius 3 is 2.07 bits per heavy atom. The molecule has 14 nitrogen and oxygen atoms in total. The summed E-state index contributed by atoms with van der Waals surface area (Å²) in [5, 5.41) is 13.0. The number of piperidine rings is 2. The quantitative estimate of drug-likeness (QED) is 0.432. The molecule has 3 saturated heterocycles. The van der Waals surface area contributed by atoms with Crippen molar-refractivity contribution in [2.75, 3.05) is 85.4 Å². The molecule has 54 heavy (non-hydrogen) atoms. The van der Waals surface area contributed by atoms with Crippen LogP contribution < -0.4 is 5.32 Å². The largest absolute Gasteiger partial charge is 0.507 e. The predicted molar refractivity (Wildman–Crippen MR) is 209 cm³/mol. The van der Waals surface area contributed by atoms with Crippen LogP contribution in [-0.2, 0) is 32.6 Å². The maximum atomic E-state index is 13.0. The number of nitrogens with zero attached hydrogens (tertiary/aromatic N) is 6. The van der Waals surface area contributed by atoms with E-state index in [9.17, 15) is 27.9 Å². The molecule has 0 aliphatic carbocycles. The number of amides is 4. The second kappa shape index (κ2) is 18.1. The average Bonchev–Trinajstić information content (AvgIpc) is 3.34. The Bertz CT molecular complexity index is 1710. The smallest absolute Gasteiger partial charge is 0.409 e. The van der Waals surface area contributed by atoms with Crippen molar-refractivity contribution < 1.29 is 32.6 Å². The van der Waals surface area contributed by atoms with Crippen molar-refractivity contribution in [2.45, 2.75) is 71.4 Å². The molecule has 3 fully saturated rings. The first-order chi connectivity index (χ1) is 25.7. The Hall–Kier alpha value is -3.92. The van der Waals surface area contributed by atoms with E-state index in [1.54, 1.807) is 23.3 Å². The van der Waals surface area contributed by atoms with Gasteiger partial charge in [-0.3, -0.25) is 9.69 Å². The topological polar surface area (TPSA) is 146 Å². The van der Waals surface area contributed by atoms with E-state index in [0.29, 0.717) is 64.0 Å². The number of phenols is 1. The fourth-order valence-electron chi connectivity index (χ4n) is 8.12. The maximum absolute atomic E-state index is 13.0. The van der Waals surface area contributed by atoms with Gasteiger partial charge in [-0.2, -0.15) is 17.0 Å². The van der Waals surface area contributed by atoms with Crippen LogP contribution in [0.25, 0.3) is 0 Å². The molecule has 0 aromatic heterocycles. The minimum Gasteiger partial charge on any atom is -0.507 e. The van der Waals surface area contributed by atoms with E-state index in [4.69, 9.17) is 4.74 Å². The fraction of sp³-hybridized carbons (Fsp3) is 0.615. The third-order valence-corrected chi connectivity index (χ3v) is 13.3. The van der Waals surface area contributed by atoms with Gasteiger partial charge in [0.2, 0.25) is 5.91 Å². The van der Waals surface area contributed by atoms with Gasteiger partial charge in [0.25, 0.3) is 10.2 Å². The molecule has 2 N–H and O–H groups in total. The van der Waals surface area contributed by atoms with Crippen LogP contribution in [0.4, 0.5) is 15.3 Å². The number of para-hydroxylation sites is 1. The SMILES string of the molecule is COC(=O)N1CCC(N2CCc3ccccc3NC2=O)CC1.Cc1cc(C[C@@H](C)C(=O)N2CCN(C3CCN(S(=O)(=O)N(C)C)CC3)CC2)cc(C)c1O. The van der Waals surface area contributed by atoms with Gasteiger partial charge in [-0.15, -0.1) is 0 Å². The van der Waals surface area contributed by atoms with E-state index in [-0.39, 0.29) is 30.0 Å². The number of benzene rings is 2. The average molecular weight is 770 g/mol. The van der Waals surface area contributed by atoms with Crippen LogP contribution in [0.15, 0.2) is 36.4 Å². The number of ether oxygens (including phenoxy) is 1. The highest BCUT2D eigenvalue weighted by molar-refractivity contribution is 7.86. The molecule has 0 bridgehead atoms. The number of rotatable bonds is 7. The first kappa shape index (κ1) is 41.2. The predicted octanol–water partition coefficient (Wildman–Crippen LogP) is 3.91. The number of fused-ring (bicyclic) bond motifs is 1. The zero-order chi connectivity index (χ0) is 39.2. The van der Waals surface area contributed by atoms with E-state index < -0.39 is 10.2 Å². The number of urea groups is 1. The fourth-order valence-corrected chi connectivity index (χ4v) is 9.25. The second-order valence-corrected chi connectivity index (χ2v) is 17.3. The van der Waals surface area contributed by atoms with Gasteiger partial charge in [-0.1, -0.05) is 37.3 Å². The zero-order valence-electron chi connectivity index (χ0n) is 32.8. The van der Waals surface area contributed by atoms with Crippen molar-refractivity contribution in [2.24, 2.45) is 5.92 Å². The van der Waals surface area contributed by atoms with E-state index in [2.05, 4.69) is 16.3 Å². The molecule has 4 amide bonds. The van der Waals surface area contributed by atoms with Crippen LogP contribution in [0.2, 0.25) is 0 Å². The summed E-state index contributed by atoms with van der Waals surface area (Å²) in [5.41, 5.74) is 4.85. The molecular formula is C39H59N7O7S. The number of likely N-dealkylation sites (tertiary alicyclic amines) is 1. The minimum atomic E-state index is -3.34. The van der Waals surface area contributed by atoms with Crippen molar-refractivity contribution in [3.8, 4) is 5.75 Å². The molecule has 2 aromatic rings. The normalized spacial score (nSPS) is 20.1. The Balaban J connectivity index is 0.000000222. The molecule has 1 atom stereocenters. The van der Waals surface area contributed by atoms with Crippen molar-refractivity contribution in [1.29, 1.82) is 0 Å². The van der Waals surface area contributed by atoms with Crippen molar-refractivity contribution >= 4 is 33.9 Å². The lowest BCUT2D eigenvalue weighted by molar-refractivity contribution is -0.137. The van der Waals surface area contributed by atoms with E-state index in [0.717, 1.165) is 67.6 Å². The molecule has 4 aliphatic rings. The minimum absolute atomic E-state index is 0.0403. The maximum Gasteiger partial charge on any atom is 0.409 e. The third-order valence-electron chi connectivity index (χ3n) is 11.3. The summed E-state index contributed by atoms with van der Waals surface area (Å²) in [6.07, 6.45) is 4.48. The third kappa shape index (κ3) is 9.84. The molecule has 0 radical (unpaired) electrons. The summed E-state index contributed by atoms with van der Waals surface area (Å²) in [4.78, 5) is 45.0. The van der Waals surface area contributed by atoms with Gasteiger partial charge in [0.05, 0.1) is 7.11 Å². The summed E-state index contributed by atoms with van der Waals surface area (Å²) in [7, 11) is 1.20. The summed E-state index contributed by atoms with van der Waals surface area (Å²) in [6.45, 7) is 11.9.